The SMILES string of the molecule is Cc1cc(CNC(=O)c2cc(Br)ccc2Cl)no1. The molecule has 4 nitrogen and oxygen atoms in total. The monoisotopic (exact) mass is 328 g/mol. The van der Waals surface area contributed by atoms with Crippen LogP contribution in [-0.2, 0) is 6.54 Å². The second-order valence-electron chi connectivity index (χ2n) is 3.74. The third-order valence-corrected chi connectivity index (χ3v) is 3.10. The minimum atomic E-state index is -0.248. The molecule has 0 saturated heterocycles. The van der Waals surface area contributed by atoms with Crippen LogP contribution in [0.15, 0.2) is 33.3 Å². The number of carbonyl (C=O) groups excluding carboxylic acids is 1. The molecule has 2 rings (SSSR count). The number of carbonyl (C=O) groups is 1. The van der Waals surface area contributed by atoms with Gasteiger partial charge in [0.15, 0.2) is 0 Å². The molecule has 0 bridgehead atoms. The zero-order valence-corrected chi connectivity index (χ0v) is 11.9. The first kappa shape index (κ1) is 13.1. The third kappa shape index (κ3) is 3.11. The maximum absolute atomic E-state index is 11.9. The highest BCUT2D eigenvalue weighted by Crippen LogP contribution is 2.20. The standard InChI is InChI=1S/C12H10BrClN2O2/c1-7-4-9(16-18-7)6-15-12(17)10-5-8(13)2-3-11(10)14/h2-5H,6H2,1H3,(H,15,17). The molecule has 0 aliphatic heterocycles. The Morgan fingerprint density at radius 2 is 2.28 bits per heavy atom. The van der Waals surface area contributed by atoms with E-state index < -0.39 is 0 Å². The molecule has 0 atom stereocenters. The molecule has 0 aliphatic rings. The van der Waals surface area contributed by atoms with Crippen molar-refractivity contribution in [2.75, 3.05) is 0 Å². The largest absolute Gasteiger partial charge is 0.361 e. The van der Waals surface area contributed by atoms with Crippen molar-refractivity contribution in [3.05, 3.63) is 50.8 Å². The molecule has 1 aromatic carbocycles. The van der Waals surface area contributed by atoms with Gasteiger partial charge in [-0.25, -0.2) is 0 Å². The second-order valence-corrected chi connectivity index (χ2v) is 5.06. The summed E-state index contributed by atoms with van der Waals surface area (Å²) in [7, 11) is 0. The number of hydrogen-bond acceptors (Lipinski definition) is 3. The number of amides is 1. The molecule has 0 saturated carbocycles. The molecular formula is C12H10BrClN2O2. The number of rotatable bonds is 3. The van der Waals surface area contributed by atoms with E-state index in [4.69, 9.17) is 16.1 Å². The van der Waals surface area contributed by atoms with Crippen molar-refractivity contribution in [3.8, 4) is 0 Å². The fourth-order valence-electron chi connectivity index (χ4n) is 1.44. The van der Waals surface area contributed by atoms with Gasteiger partial charge in [-0.05, 0) is 25.1 Å². The summed E-state index contributed by atoms with van der Waals surface area (Å²) in [6.07, 6.45) is 0. The Morgan fingerprint density at radius 3 is 2.94 bits per heavy atom. The number of aryl methyl sites for hydroxylation is 1. The lowest BCUT2D eigenvalue weighted by atomic mass is 10.2. The van der Waals surface area contributed by atoms with Gasteiger partial charge in [-0.3, -0.25) is 4.79 Å². The zero-order valence-electron chi connectivity index (χ0n) is 9.54. The Balaban J connectivity index is 2.05. The lowest BCUT2D eigenvalue weighted by Crippen LogP contribution is -2.23. The highest BCUT2D eigenvalue weighted by Gasteiger charge is 2.11. The van der Waals surface area contributed by atoms with E-state index in [0.717, 1.165) is 4.47 Å². The Bertz CT molecular complexity index is 583. The van der Waals surface area contributed by atoms with Crippen molar-refractivity contribution in [2.45, 2.75) is 13.5 Å². The van der Waals surface area contributed by atoms with E-state index in [1.165, 1.54) is 0 Å². The highest BCUT2D eigenvalue weighted by atomic mass is 79.9. The second kappa shape index (κ2) is 5.54. The summed E-state index contributed by atoms with van der Waals surface area (Å²) in [4.78, 5) is 11.9. The molecule has 1 aromatic heterocycles. The van der Waals surface area contributed by atoms with Crippen molar-refractivity contribution in [2.24, 2.45) is 0 Å². The van der Waals surface area contributed by atoms with Crippen LogP contribution in [0.2, 0.25) is 5.02 Å². The molecule has 1 heterocycles. The molecule has 18 heavy (non-hydrogen) atoms. The Hall–Kier alpha value is -1.33. The maximum Gasteiger partial charge on any atom is 0.253 e. The summed E-state index contributed by atoms with van der Waals surface area (Å²) in [5.41, 5.74) is 1.10. The van der Waals surface area contributed by atoms with Crippen molar-refractivity contribution >= 4 is 33.4 Å². The van der Waals surface area contributed by atoms with Gasteiger partial charge >= 0.3 is 0 Å². The topological polar surface area (TPSA) is 55.1 Å². The lowest BCUT2D eigenvalue weighted by molar-refractivity contribution is 0.0950. The first-order chi connectivity index (χ1) is 8.56. The Labute approximate surface area is 117 Å². The summed E-state index contributed by atoms with van der Waals surface area (Å²) in [6.45, 7) is 2.10. The third-order valence-electron chi connectivity index (χ3n) is 2.28. The van der Waals surface area contributed by atoms with Gasteiger partial charge in [-0.2, -0.15) is 0 Å². The van der Waals surface area contributed by atoms with Crippen molar-refractivity contribution in [1.82, 2.24) is 10.5 Å². The van der Waals surface area contributed by atoms with E-state index in [1.807, 2.05) is 0 Å². The summed E-state index contributed by atoms with van der Waals surface area (Å²) in [6, 6.07) is 6.88. The van der Waals surface area contributed by atoms with Crippen molar-refractivity contribution in [1.29, 1.82) is 0 Å². The van der Waals surface area contributed by atoms with Gasteiger partial charge < -0.3 is 9.84 Å². The van der Waals surface area contributed by atoms with Crippen LogP contribution < -0.4 is 5.32 Å². The number of nitrogens with one attached hydrogen (secondary N) is 1. The van der Waals surface area contributed by atoms with Crippen LogP contribution in [-0.4, -0.2) is 11.1 Å². The first-order valence-corrected chi connectivity index (χ1v) is 6.39. The van der Waals surface area contributed by atoms with Crippen LogP contribution in [0.1, 0.15) is 21.8 Å². The maximum atomic E-state index is 11.9. The summed E-state index contributed by atoms with van der Waals surface area (Å²) in [5, 5.41) is 6.93. The normalized spacial score (nSPS) is 10.4. The van der Waals surface area contributed by atoms with Gasteiger partial charge in [0.25, 0.3) is 5.91 Å². The fraction of sp³-hybridized carbons (Fsp3) is 0.167. The summed E-state index contributed by atoms with van der Waals surface area (Å²) in [5.74, 6) is 0.460. The molecule has 94 valence electrons. The number of benzene rings is 1. The predicted molar refractivity (Wildman–Crippen MR) is 71.6 cm³/mol. The predicted octanol–water partition coefficient (Wildman–Crippen LogP) is 3.33. The van der Waals surface area contributed by atoms with E-state index in [-0.39, 0.29) is 5.91 Å². The zero-order chi connectivity index (χ0) is 13.1. The number of halogens is 2. The average molecular weight is 330 g/mol. The minimum absolute atomic E-state index is 0.248. The van der Waals surface area contributed by atoms with Gasteiger partial charge in [0.1, 0.15) is 11.5 Å². The van der Waals surface area contributed by atoms with Crippen LogP contribution in [0.4, 0.5) is 0 Å². The van der Waals surface area contributed by atoms with E-state index in [2.05, 4.69) is 26.4 Å². The van der Waals surface area contributed by atoms with Gasteiger partial charge in [0.2, 0.25) is 0 Å². The molecule has 0 unspecified atom stereocenters. The first-order valence-electron chi connectivity index (χ1n) is 5.21. The van der Waals surface area contributed by atoms with Crippen molar-refractivity contribution < 1.29 is 9.32 Å². The molecule has 6 heteroatoms. The Kier molecular flexibility index (Phi) is 4.04. The summed E-state index contributed by atoms with van der Waals surface area (Å²) < 4.78 is 5.71. The van der Waals surface area contributed by atoms with Gasteiger partial charge in [0, 0.05) is 10.5 Å². The molecule has 0 radical (unpaired) electrons. The average Bonchev–Trinajstić information content (AvgIpc) is 2.75. The van der Waals surface area contributed by atoms with E-state index in [1.54, 1.807) is 31.2 Å². The lowest BCUT2D eigenvalue weighted by Gasteiger charge is -2.05. The molecular weight excluding hydrogens is 320 g/mol. The molecule has 0 aliphatic carbocycles. The van der Waals surface area contributed by atoms with Gasteiger partial charge in [-0.1, -0.05) is 32.7 Å². The van der Waals surface area contributed by atoms with Gasteiger partial charge in [-0.15, -0.1) is 0 Å². The smallest absolute Gasteiger partial charge is 0.253 e. The molecule has 0 fully saturated rings. The van der Waals surface area contributed by atoms with E-state index >= 15 is 0 Å². The van der Waals surface area contributed by atoms with Crippen LogP contribution in [0.3, 0.4) is 0 Å². The summed E-state index contributed by atoms with van der Waals surface area (Å²) >= 11 is 9.26. The van der Waals surface area contributed by atoms with Crippen LogP contribution in [0, 0.1) is 6.92 Å². The van der Waals surface area contributed by atoms with Crippen LogP contribution in [0.5, 0.6) is 0 Å². The number of aromatic nitrogens is 1. The molecule has 2 aromatic rings. The van der Waals surface area contributed by atoms with Crippen molar-refractivity contribution in [3.63, 3.8) is 0 Å². The molecule has 1 amide bonds. The minimum Gasteiger partial charge on any atom is -0.361 e. The fourth-order valence-corrected chi connectivity index (χ4v) is 2.00. The van der Waals surface area contributed by atoms with Gasteiger partial charge in [0.05, 0.1) is 17.1 Å². The van der Waals surface area contributed by atoms with Crippen LogP contribution in [0.25, 0.3) is 0 Å². The van der Waals surface area contributed by atoms with E-state index in [9.17, 15) is 4.79 Å². The Morgan fingerprint density at radius 1 is 1.50 bits per heavy atom. The molecule has 1 N–H and O–H groups in total. The number of nitrogens with zero attached hydrogens (tertiary/aromatic N) is 1. The van der Waals surface area contributed by atoms with Crippen LogP contribution >= 0.6 is 27.5 Å². The quantitative estimate of drug-likeness (QED) is 0.939. The highest BCUT2D eigenvalue weighted by molar-refractivity contribution is 9.10. The number of hydrogen-bond donors (Lipinski definition) is 1. The van der Waals surface area contributed by atoms with E-state index in [0.29, 0.717) is 28.6 Å². The molecule has 0 spiro atoms.